The van der Waals surface area contributed by atoms with Crippen LogP contribution in [-0.2, 0) is 18.3 Å². The second-order valence-electron chi connectivity index (χ2n) is 12.4. The summed E-state index contributed by atoms with van der Waals surface area (Å²) in [5, 5.41) is 5.42. The van der Waals surface area contributed by atoms with Crippen molar-refractivity contribution in [3.63, 3.8) is 0 Å². The Hall–Kier alpha value is -4.16. The quantitative estimate of drug-likeness (QED) is 0.202. The van der Waals surface area contributed by atoms with Gasteiger partial charge in [-0.3, -0.25) is 0 Å². The van der Waals surface area contributed by atoms with Crippen LogP contribution in [-0.4, -0.2) is 0 Å². The fourth-order valence-electron chi connectivity index (χ4n) is 7.77. The van der Waals surface area contributed by atoms with E-state index in [1.807, 2.05) is 0 Å². The average Bonchev–Trinajstić information content (AvgIpc) is 3.21. The van der Waals surface area contributed by atoms with Crippen LogP contribution in [0.1, 0.15) is 54.5 Å². The lowest BCUT2D eigenvalue weighted by atomic mass is 9.79. The highest BCUT2D eigenvalue weighted by Gasteiger charge is 2.35. The fraction of sp³-hybridized carbons (Fsp3) is 0.200. The maximum absolute atomic E-state index is 2.49. The van der Waals surface area contributed by atoms with E-state index in [1.54, 1.807) is 5.56 Å². The third kappa shape index (κ3) is 3.32. The van der Waals surface area contributed by atoms with E-state index in [0.717, 1.165) is 0 Å². The molecule has 6 aromatic rings. The van der Waals surface area contributed by atoms with Gasteiger partial charge in [0, 0.05) is 5.41 Å². The second-order valence-corrected chi connectivity index (χ2v) is 12.4. The molecule has 2 aliphatic rings. The van der Waals surface area contributed by atoms with Gasteiger partial charge in [-0.1, -0.05) is 116 Å². The molecule has 0 saturated carbocycles. The van der Waals surface area contributed by atoms with Gasteiger partial charge in [0.15, 0.2) is 0 Å². The zero-order chi connectivity index (χ0) is 27.0. The van der Waals surface area contributed by atoms with E-state index in [1.165, 1.54) is 103 Å². The minimum atomic E-state index is -0.0213. The van der Waals surface area contributed by atoms with Gasteiger partial charge in [0.2, 0.25) is 0 Å². The maximum atomic E-state index is 2.49. The Kier molecular flexibility index (Phi) is 5.14. The van der Waals surface area contributed by atoms with Gasteiger partial charge in [-0.2, -0.15) is 0 Å². The number of hydrogen-bond acceptors (Lipinski definition) is 0. The van der Waals surface area contributed by atoms with Crippen LogP contribution in [0.15, 0.2) is 103 Å². The molecule has 0 heterocycles. The van der Waals surface area contributed by atoms with E-state index in [2.05, 4.69) is 124 Å². The van der Waals surface area contributed by atoms with E-state index >= 15 is 0 Å². The molecule has 8 rings (SSSR count). The van der Waals surface area contributed by atoms with Crippen molar-refractivity contribution in [2.75, 3.05) is 0 Å². The predicted octanol–water partition coefficient (Wildman–Crippen LogP) is 10.8. The number of benzene rings is 6. The first kappa shape index (κ1) is 23.7. The van der Waals surface area contributed by atoms with Crippen molar-refractivity contribution in [1.82, 2.24) is 0 Å². The van der Waals surface area contributed by atoms with Crippen LogP contribution in [0.25, 0.3) is 54.9 Å². The summed E-state index contributed by atoms with van der Waals surface area (Å²) in [7, 11) is 0. The number of aryl methyl sites for hydroxylation is 2. The Morgan fingerprint density at radius 3 is 2.10 bits per heavy atom. The van der Waals surface area contributed by atoms with Gasteiger partial charge < -0.3 is 0 Å². The molecular formula is C40H34. The molecule has 0 aliphatic heterocycles. The molecule has 2 aliphatic carbocycles. The van der Waals surface area contributed by atoms with E-state index in [9.17, 15) is 0 Å². The summed E-state index contributed by atoms with van der Waals surface area (Å²) >= 11 is 0. The van der Waals surface area contributed by atoms with Crippen LogP contribution < -0.4 is 0 Å². The van der Waals surface area contributed by atoms with Crippen molar-refractivity contribution in [3.8, 4) is 33.4 Å². The topological polar surface area (TPSA) is 0 Å². The fourth-order valence-corrected chi connectivity index (χ4v) is 7.77. The summed E-state index contributed by atoms with van der Waals surface area (Å²) < 4.78 is 0. The zero-order valence-electron chi connectivity index (χ0n) is 23.6. The third-order valence-corrected chi connectivity index (χ3v) is 9.72. The molecule has 6 aromatic carbocycles. The van der Waals surface area contributed by atoms with E-state index in [4.69, 9.17) is 0 Å². The molecule has 0 nitrogen and oxygen atoms in total. The van der Waals surface area contributed by atoms with Gasteiger partial charge >= 0.3 is 0 Å². The minimum Gasteiger partial charge on any atom is -0.0619 e. The van der Waals surface area contributed by atoms with E-state index < -0.39 is 0 Å². The predicted molar refractivity (Wildman–Crippen MR) is 171 cm³/mol. The van der Waals surface area contributed by atoms with Gasteiger partial charge in [-0.25, -0.2) is 0 Å². The molecular weight excluding hydrogens is 480 g/mol. The first-order valence-electron chi connectivity index (χ1n) is 14.8. The highest BCUT2D eigenvalue weighted by Crippen LogP contribution is 2.51. The number of rotatable bonds is 2. The van der Waals surface area contributed by atoms with Gasteiger partial charge in [0.05, 0.1) is 0 Å². The summed E-state index contributed by atoms with van der Waals surface area (Å²) in [4.78, 5) is 0. The van der Waals surface area contributed by atoms with Crippen LogP contribution in [0.3, 0.4) is 0 Å². The van der Waals surface area contributed by atoms with Crippen LogP contribution in [0, 0.1) is 6.92 Å². The van der Waals surface area contributed by atoms with Crippen molar-refractivity contribution in [2.45, 2.75) is 51.9 Å². The Labute approximate surface area is 237 Å². The Bertz CT molecular complexity index is 1980. The Morgan fingerprint density at radius 2 is 1.23 bits per heavy atom. The Balaban J connectivity index is 1.46. The van der Waals surface area contributed by atoms with Crippen molar-refractivity contribution >= 4 is 21.5 Å². The highest BCUT2D eigenvalue weighted by molar-refractivity contribution is 6.22. The molecule has 0 bridgehead atoms. The number of hydrogen-bond donors (Lipinski definition) is 0. The molecule has 194 valence electrons. The van der Waals surface area contributed by atoms with E-state index in [-0.39, 0.29) is 5.41 Å². The summed E-state index contributed by atoms with van der Waals surface area (Å²) in [6.45, 7) is 6.98. The number of fused-ring (bicyclic) bond motifs is 6. The lowest BCUT2D eigenvalue weighted by Gasteiger charge is -2.24. The van der Waals surface area contributed by atoms with Gasteiger partial charge in [-0.15, -0.1) is 0 Å². The smallest absolute Gasteiger partial charge is 0.0159 e. The molecule has 0 radical (unpaired) electrons. The summed E-state index contributed by atoms with van der Waals surface area (Å²) in [6.07, 6.45) is 4.96. The Morgan fingerprint density at radius 1 is 0.525 bits per heavy atom. The summed E-state index contributed by atoms with van der Waals surface area (Å²) in [5.74, 6) is 0. The molecule has 0 unspecified atom stereocenters. The van der Waals surface area contributed by atoms with Crippen LogP contribution >= 0.6 is 0 Å². The molecule has 0 atom stereocenters. The normalized spacial score (nSPS) is 15.2. The van der Waals surface area contributed by atoms with Gasteiger partial charge in [-0.05, 0) is 116 Å². The molecule has 0 N–H and O–H groups in total. The summed E-state index contributed by atoms with van der Waals surface area (Å²) in [6, 6.07) is 39.4. The third-order valence-electron chi connectivity index (χ3n) is 9.72. The van der Waals surface area contributed by atoms with E-state index in [0.29, 0.717) is 0 Å². The molecule has 0 heteroatoms. The lowest BCUT2D eigenvalue weighted by molar-refractivity contribution is 0.660. The molecule has 0 saturated heterocycles. The maximum Gasteiger partial charge on any atom is 0.0159 e. The molecule has 0 amide bonds. The zero-order valence-corrected chi connectivity index (χ0v) is 23.6. The SMILES string of the molecule is Cc1ccc2c(-c3cccc4c3CCCC4)c3ccccc3c(-c3ccc4c(c3)C(C)(C)c3ccccc3-4)c2c1. The summed E-state index contributed by atoms with van der Waals surface area (Å²) in [5.41, 5.74) is 15.5. The molecule has 0 aromatic heterocycles. The molecule has 0 spiro atoms. The first-order valence-corrected chi connectivity index (χ1v) is 14.8. The van der Waals surface area contributed by atoms with Crippen molar-refractivity contribution < 1.29 is 0 Å². The van der Waals surface area contributed by atoms with Gasteiger partial charge in [0.25, 0.3) is 0 Å². The average molecular weight is 515 g/mol. The molecule has 0 fully saturated rings. The van der Waals surface area contributed by atoms with Crippen molar-refractivity contribution in [2.24, 2.45) is 0 Å². The van der Waals surface area contributed by atoms with Crippen molar-refractivity contribution in [1.29, 1.82) is 0 Å². The second kappa shape index (κ2) is 8.67. The largest absolute Gasteiger partial charge is 0.0619 e. The first-order chi connectivity index (χ1) is 19.5. The molecule has 40 heavy (non-hydrogen) atoms. The van der Waals surface area contributed by atoms with Crippen LogP contribution in [0.5, 0.6) is 0 Å². The lowest BCUT2D eigenvalue weighted by Crippen LogP contribution is -2.14. The monoisotopic (exact) mass is 514 g/mol. The van der Waals surface area contributed by atoms with Gasteiger partial charge in [0.1, 0.15) is 0 Å². The van der Waals surface area contributed by atoms with Crippen LogP contribution in [0.2, 0.25) is 0 Å². The minimum absolute atomic E-state index is 0.0213. The van der Waals surface area contributed by atoms with Crippen LogP contribution in [0.4, 0.5) is 0 Å². The highest BCUT2D eigenvalue weighted by atomic mass is 14.4. The standard InChI is InChI=1S/C40H34/c1-25-19-21-34-35(23-25)38(27-20-22-30-29-14-8-9-18-36(29)40(2,3)37(30)24-27)32-15-6-7-16-33(32)39(34)31-17-10-12-26-11-4-5-13-28(26)31/h6-10,12,14-24H,4-5,11,13H2,1-3H3. The van der Waals surface area contributed by atoms with Crippen molar-refractivity contribution in [3.05, 3.63) is 131 Å².